The number of carbonyl (C=O) groups is 1. The molecular formula is C18H24INO3. The van der Waals surface area contributed by atoms with Gasteiger partial charge in [-0.05, 0) is 53.4 Å². The van der Waals surface area contributed by atoms with Gasteiger partial charge in [0.2, 0.25) is 5.91 Å². The van der Waals surface area contributed by atoms with E-state index in [0.717, 1.165) is 43.7 Å². The van der Waals surface area contributed by atoms with E-state index in [0.29, 0.717) is 12.3 Å². The third-order valence-corrected chi connectivity index (χ3v) is 6.02. The van der Waals surface area contributed by atoms with Crippen LogP contribution in [0.15, 0.2) is 12.1 Å². The molecule has 1 aromatic carbocycles. The number of alkyl halides is 1. The molecule has 0 radical (unpaired) electrons. The second-order valence-corrected chi connectivity index (χ2v) is 7.42. The van der Waals surface area contributed by atoms with Gasteiger partial charge >= 0.3 is 0 Å². The summed E-state index contributed by atoms with van der Waals surface area (Å²) >= 11 is 2.43. The first-order valence-electron chi connectivity index (χ1n) is 8.28. The van der Waals surface area contributed by atoms with E-state index in [1.54, 1.807) is 14.2 Å². The average molecular weight is 429 g/mol. The van der Waals surface area contributed by atoms with Gasteiger partial charge in [-0.25, -0.2) is 0 Å². The predicted octanol–water partition coefficient (Wildman–Crippen LogP) is 3.68. The summed E-state index contributed by atoms with van der Waals surface area (Å²) in [5.74, 6) is 1.85. The Balaban J connectivity index is 2.06. The third kappa shape index (κ3) is 2.81. The zero-order chi connectivity index (χ0) is 16.4. The van der Waals surface area contributed by atoms with E-state index >= 15 is 0 Å². The van der Waals surface area contributed by atoms with E-state index in [2.05, 4.69) is 39.6 Å². The Morgan fingerprint density at radius 1 is 1.17 bits per heavy atom. The highest BCUT2D eigenvalue weighted by Crippen LogP contribution is 2.49. The van der Waals surface area contributed by atoms with Crippen LogP contribution in [-0.4, -0.2) is 36.0 Å². The summed E-state index contributed by atoms with van der Waals surface area (Å²) < 4.78 is 12.1. The predicted molar refractivity (Wildman–Crippen MR) is 98.6 cm³/mol. The van der Waals surface area contributed by atoms with E-state index in [9.17, 15) is 4.79 Å². The van der Waals surface area contributed by atoms with Gasteiger partial charge in [-0.2, -0.15) is 0 Å². The molecule has 0 aromatic heterocycles. The lowest BCUT2D eigenvalue weighted by molar-refractivity contribution is -0.132. The number of hydrogen-bond donors (Lipinski definition) is 0. The summed E-state index contributed by atoms with van der Waals surface area (Å²) in [6.45, 7) is 0.825. The first-order valence-corrected chi connectivity index (χ1v) is 9.80. The number of unbranched alkanes of at least 4 members (excludes halogenated alkanes) is 1. The first kappa shape index (κ1) is 16.9. The fourth-order valence-corrected chi connectivity index (χ4v) is 4.68. The van der Waals surface area contributed by atoms with Crippen LogP contribution in [0.2, 0.25) is 0 Å². The minimum atomic E-state index is -0.129. The van der Waals surface area contributed by atoms with Crippen molar-refractivity contribution in [3.8, 4) is 11.5 Å². The molecular weight excluding hydrogens is 405 g/mol. The van der Waals surface area contributed by atoms with Crippen molar-refractivity contribution in [1.29, 1.82) is 0 Å². The van der Waals surface area contributed by atoms with Gasteiger partial charge in [-0.3, -0.25) is 4.79 Å². The third-order valence-electron chi connectivity index (χ3n) is 5.26. The van der Waals surface area contributed by atoms with Crippen LogP contribution in [0.4, 0.5) is 0 Å². The number of fused-ring (bicyclic) bond motifs is 3. The van der Waals surface area contributed by atoms with E-state index < -0.39 is 0 Å². The van der Waals surface area contributed by atoms with Crippen LogP contribution >= 0.6 is 22.6 Å². The SMILES string of the molecule is COc1cc2c(cc1OC)C1(CCCCI)CCC(=O)N1CC2. The zero-order valence-electron chi connectivity index (χ0n) is 13.9. The van der Waals surface area contributed by atoms with Crippen molar-refractivity contribution in [2.75, 3.05) is 25.2 Å². The molecule has 4 nitrogen and oxygen atoms in total. The van der Waals surface area contributed by atoms with Crippen LogP contribution in [0.3, 0.4) is 0 Å². The van der Waals surface area contributed by atoms with E-state index in [1.165, 1.54) is 22.0 Å². The van der Waals surface area contributed by atoms with Crippen molar-refractivity contribution in [2.24, 2.45) is 0 Å². The lowest BCUT2D eigenvalue weighted by Crippen LogP contribution is -2.48. The zero-order valence-corrected chi connectivity index (χ0v) is 16.0. The quantitative estimate of drug-likeness (QED) is 0.394. The monoisotopic (exact) mass is 429 g/mol. The molecule has 0 bridgehead atoms. The number of ether oxygens (including phenoxy) is 2. The standard InChI is InChI=1S/C18H24INO3/c1-22-15-11-13-6-10-20-17(21)5-8-18(20,7-3-4-9-19)14(13)12-16(15)23-2/h11-12H,3-10H2,1-2H3. The molecule has 126 valence electrons. The molecule has 0 saturated carbocycles. The number of amides is 1. The molecule has 0 aliphatic carbocycles. The molecule has 1 unspecified atom stereocenters. The first-order chi connectivity index (χ1) is 11.2. The minimum Gasteiger partial charge on any atom is -0.493 e. The van der Waals surface area contributed by atoms with Crippen LogP contribution in [0.25, 0.3) is 0 Å². The number of rotatable bonds is 6. The second kappa shape index (κ2) is 6.87. The highest BCUT2D eigenvalue weighted by atomic mass is 127. The molecule has 2 heterocycles. The summed E-state index contributed by atoms with van der Waals surface area (Å²) in [6, 6.07) is 4.22. The molecule has 1 amide bonds. The van der Waals surface area contributed by atoms with E-state index in [1.807, 2.05) is 0 Å². The van der Waals surface area contributed by atoms with Crippen molar-refractivity contribution >= 4 is 28.5 Å². The molecule has 3 rings (SSSR count). The summed E-state index contributed by atoms with van der Waals surface area (Å²) in [4.78, 5) is 14.5. The Morgan fingerprint density at radius 2 is 1.91 bits per heavy atom. The number of methoxy groups -OCH3 is 2. The highest BCUT2D eigenvalue weighted by Gasteiger charge is 2.49. The van der Waals surface area contributed by atoms with Crippen molar-refractivity contribution in [3.63, 3.8) is 0 Å². The Bertz CT molecular complexity index is 604. The smallest absolute Gasteiger partial charge is 0.223 e. The van der Waals surface area contributed by atoms with Crippen LogP contribution in [0.1, 0.15) is 43.2 Å². The summed E-state index contributed by atoms with van der Waals surface area (Å²) in [5.41, 5.74) is 2.46. The largest absolute Gasteiger partial charge is 0.493 e. The molecule has 23 heavy (non-hydrogen) atoms. The second-order valence-electron chi connectivity index (χ2n) is 6.34. The van der Waals surface area contributed by atoms with Crippen molar-refractivity contribution in [2.45, 2.75) is 44.1 Å². The molecule has 2 aliphatic rings. The Morgan fingerprint density at radius 3 is 2.61 bits per heavy atom. The van der Waals surface area contributed by atoms with Crippen molar-refractivity contribution in [3.05, 3.63) is 23.3 Å². The number of hydrogen-bond acceptors (Lipinski definition) is 3. The van der Waals surface area contributed by atoms with E-state index in [-0.39, 0.29) is 5.54 Å². The Hall–Kier alpha value is -0.980. The summed E-state index contributed by atoms with van der Waals surface area (Å²) in [5, 5.41) is 0. The number of benzene rings is 1. The molecule has 1 atom stereocenters. The molecule has 0 spiro atoms. The van der Waals surface area contributed by atoms with Gasteiger partial charge in [0.05, 0.1) is 19.8 Å². The molecule has 1 aromatic rings. The maximum absolute atomic E-state index is 12.4. The maximum atomic E-state index is 12.4. The van der Waals surface area contributed by atoms with Crippen LogP contribution in [0.5, 0.6) is 11.5 Å². The van der Waals surface area contributed by atoms with Gasteiger partial charge in [0, 0.05) is 13.0 Å². The molecule has 0 N–H and O–H groups in total. The lowest BCUT2D eigenvalue weighted by atomic mass is 9.77. The number of halogens is 1. The van der Waals surface area contributed by atoms with Crippen LogP contribution < -0.4 is 9.47 Å². The highest BCUT2D eigenvalue weighted by molar-refractivity contribution is 14.1. The Kier molecular flexibility index (Phi) is 5.04. The maximum Gasteiger partial charge on any atom is 0.223 e. The molecule has 1 fully saturated rings. The van der Waals surface area contributed by atoms with Crippen LogP contribution in [0, 0.1) is 0 Å². The Labute approximate surface area is 151 Å². The van der Waals surface area contributed by atoms with Crippen molar-refractivity contribution < 1.29 is 14.3 Å². The molecule has 1 saturated heterocycles. The van der Waals surface area contributed by atoms with Gasteiger partial charge in [0.15, 0.2) is 11.5 Å². The number of nitrogens with zero attached hydrogens (tertiary/aromatic N) is 1. The average Bonchev–Trinajstić information content (AvgIpc) is 2.91. The van der Waals surface area contributed by atoms with Gasteiger partial charge in [0.25, 0.3) is 0 Å². The fraction of sp³-hybridized carbons (Fsp3) is 0.611. The fourth-order valence-electron chi connectivity index (χ4n) is 4.14. The topological polar surface area (TPSA) is 38.8 Å². The normalized spacial score (nSPS) is 22.7. The van der Waals surface area contributed by atoms with Gasteiger partial charge in [-0.15, -0.1) is 0 Å². The molecule has 2 aliphatic heterocycles. The van der Waals surface area contributed by atoms with Crippen molar-refractivity contribution in [1.82, 2.24) is 4.90 Å². The summed E-state index contributed by atoms with van der Waals surface area (Å²) in [7, 11) is 3.35. The van der Waals surface area contributed by atoms with Crippen LogP contribution in [-0.2, 0) is 16.8 Å². The lowest BCUT2D eigenvalue weighted by Gasteiger charge is -2.44. The minimum absolute atomic E-state index is 0.129. The van der Waals surface area contributed by atoms with Gasteiger partial charge < -0.3 is 14.4 Å². The summed E-state index contributed by atoms with van der Waals surface area (Å²) in [6.07, 6.45) is 5.89. The number of carbonyl (C=O) groups excluding carboxylic acids is 1. The van der Waals surface area contributed by atoms with E-state index in [4.69, 9.17) is 9.47 Å². The van der Waals surface area contributed by atoms with Gasteiger partial charge in [-0.1, -0.05) is 29.0 Å². The van der Waals surface area contributed by atoms with Gasteiger partial charge in [0.1, 0.15) is 0 Å². The molecule has 5 heteroatoms.